The maximum Gasteiger partial charge on any atom is 0.0906 e. The zero-order valence-corrected chi connectivity index (χ0v) is 11.0. The topological polar surface area (TPSA) is 12.9 Å². The van der Waals surface area contributed by atoms with Gasteiger partial charge in [0, 0.05) is 11.1 Å². The molecule has 1 aromatic carbocycles. The van der Waals surface area contributed by atoms with E-state index in [0.29, 0.717) is 5.02 Å². The van der Waals surface area contributed by atoms with Crippen LogP contribution < -0.4 is 0 Å². The number of aryl methyl sites for hydroxylation is 1. The van der Waals surface area contributed by atoms with Gasteiger partial charge in [0.2, 0.25) is 0 Å². The lowest BCUT2D eigenvalue weighted by Gasteiger charge is -2.11. The summed E-state index contributed by atoms with van der Waals surface area (Å²) in [5.74, 6) is 0. The Hall–Kier alpha value is -0.790. The average Bonchev–Trinajstić information content (AvgIpc) is 2.56. The molecule has 88 valence electrons. The number of hydrogen-bond acceptors (Lipinski definition) is 1. The molecule has 0 bridgehead atoms. The summed E-state index contributed by atoms with van der Waals surface area (Å²) in [5, 5.41) is 2.53. The van der Waals surface area contributed by atoms with Gasteiger partial charge in [-0.3, -0.25) is 4.98 Å². The molecule has 1 aliphatic carbocycles. The highest BCUT2D eigenvalue weighted by Gasteiger charge is 2.16. The normalized spacial score (nSPS) is 15.6. The van der Waals surface area contributed by atoms with Crippen LogP contribution in [0.25, 0.3) is 10.9 Å². The van der Waals surface area contributed by atoms with E-state index in [2.05, 4.69) is 0 Å². The molecule has 0 fully saturated rings. The van der Waals surface area contributed by atoms with Crippen molar-refractivity contribution in [3.05, 3.63) is 39.5 Å². The smallest absolute Gasteiger partial charge is 0.0906 e. The van der Waals surface area contributed by atoms with E-state index in [1.54, 1.807) is 0 Å². The zero-order valence-electron chi connectivity index (χ0n) is 9.47. The molecule has 0 radical (unpaired) electrons. The van der Waals surface area contributed by atoms with Crippen molar-refractivity contribution in [1.29, 1.82) is 0 Å². The monoisotopic (exact) mass is 265 g/mol. The van der Waals surface area contributed by atoms with E-state index >= 15 is 0 Å². The van der Waals surface area contributed by atoms with Crippen molar-refractivity contribution in [3.63, 3.8) is 0 Å². The van der Waals surface area contributed by atoms with Gasteiger partial charge in [0.15, 0.2) is 0 Å². The Morgan fingerprint density at radius 3 is 2.71 bits per heavy atom. The van der Waals surface area contributed by atoms with Crippen molar-refractivity contribution in [1.82, 2.24) is 4.98 Å². The van der Waals surface area contributed by atoms with Crippen molar-refractivity contribution < 1.29 is 0 Å². The molecule has 17 heavy (non-hydrogen) atoms. The molecule has 1 aliphatic rings. The Bertz CT molecular complexity index is 578. The number of nitrogens with zero attached hydrogens (tertiary/aromatic N) is 1. The molecule has 0 spiro atoms. The van der Waals surface area contributed by atoms with Crippen LogP contribution in [0.1, 0.15) is 30.5 Å². The first kappa shape index (κ1) is 11.3. The minimum atomic E-state index is 0.691. The fourth-order valence-electron chi connectivity index (χ4n) is 2.53. The number of halogens is 2. The van der Waals surface area contributed by atoms with Gasteiger partial charge in [0.05, 0.1) is 15.6 Å². The van der Waals surface area contributed by atoms with Crippen molar-refractivity contribution in [2.75, 3.05) is 0 Å². The number of pyridine rings is 1. The van der Waals surface area contributed by atoms with Crippen LogP contribution in [0.4, 0.5) is 0 Å². The molecule has 1 aromatic heterocycles. The van der Waals surface area contributed by atoms with Crippen LogP contribution in [0.15, 0.2) is 18.2 Å². The number of aromatic nitrogens is 1. The van der Waals surface area contributed by atoms with E-state index in [9.17, 15) is 0 Å². The Labute approximate surface area is 111 Å². The summed E-state index contributed by atoms with van der Waals surface area (Å²) >= 11 is 12.7. The maximum atomic E-state index is 6.51. The van der Waals surface area contributed by atoms with E-state index in [4.69, 9.17) is 28.2 Å². The van der Waals surface area contributed by atoms with Gasteiger partial charge >= 0.3 is 0 Å². The van der Waals surface area contributed by atoms with Crippen LogP contribution >= 0.6 is 23.2 Å². The quantitative estimate of drug-likeness (QED) is 0.623. The Morgan fingerprint density at radius 1 is 1.00 bits per heavy atom. The highest BCUT2D eigenvalue weighted by atomic mass is 35.5. The van der Waals surface area contributed by atoms with Crippen LogP contribution in [-0.2, 0) is 12.8 Å². The summed E-state index contributed by atoms with van der Waals surface area (Å²) < 4.78 is 0. The maximum absolute atomic E-state index is 6.51. The summed E-state index contributed by atoms with van der Waals surface area (Å²) in [5.41, 5.74) is 3.23. The Balaban J connectivity index is 2.33. The number of hydrogen-bond donors (Lipinski definition) is 0. The molecule has 0 unspecified atom stereocenters. The Kier molecular flexibility index (Phi) is 2.97. The van der Waals surface area contributed by atoms with Gasteiger partial charge < -0.3 is 0 Å². The van der Waals surface area contributed by atoms with E-state index in [0.717, 1.165) is 34.5 Å². The second kappa shape index (κ2) is 4.47. The summed E-state index contributed by atoms with van der Waals surface area (Å²) in [6, 6.07) is 5.80. The lowest BCUT2D eigenvalue weighted by atomic mass is 10.1. The number of rotatable bonds is 0. The second-order valence-electron chi connectivity index (χ2n) is 4.55. The van der Waals surface area contributed by atoms with Gasteiger partial charge in [-0.05, 0) is 37.3 Å². The van der Waals surface area contributed by atoms with Gasteiger partial charge in [-0.2, -0.15) is 0 Å². The predicted molar refractivity (Wildman–Crippen MR) is 73.0 cm³/mol. The third-order valence-electron chi connectivity index (χ3n) is 3.42. The first-order valence-electron chi connectivity index (χ1n) is 6.03. The SMILES string of the molecule is Clc1c2c(nc3c(Cl)cccc13)CCCCC2. The molecule has 1 heterocycles. The third-order valence-corrected chi connectivity index (χ3v) is 4.16. The van der Waals surface area contributed by atoms with E-state index in [-0.39, 0.29) is 0 Å². The molecule has 2 aromatic rings. The van der Waals surface area contributed by atoms with Gasteiger partial charge in [-0.25, -0.2) is 0 Å². The minimum absolute atomic E-state index is 0.691. The highest BCUT2D eigenvalue weighted by molar-refractivity contribution is 6.39. The fraction of sp³-hybridized carbons (Fsp3) is 0.357. The largest absolute Gasteiger partial charge is 0.251 e. The predicted octanol–water partition coefficient (Wildman–Crippen LogP) is 4.81. The Morgan fingerprint density at radius 2 is 1.82 bits per heavy atom. The molecule has 0 amide bonds. The van der Waals surface area contributed by atoms with Crippen molar-refractivity contribution in [2.45, 2.75) is 32.1 Å². The van der Waals surface area contributed by atoms with Crippen LogP contribution in [0.3, 0.4) is 0 Å². The average molecular weight is 266 g/mol. The number of benzene rings is 1. The lowest BCUT2D eigenvalue weighted by molar-refractivity contribution is 0.709. The highest BCUT2D eigenvalue weighted by Crippen LogP contribution is 2.34. The summed E-state index contributed by atoms with van der Waals surface area (Å²) in [6.07, 6.45) is 5.74. The summed E-state index contributed by atoms with van der Waals surface area (Å²) in [6.45, 7) is 0. The first-order valence-corrected chi connectivity index (χ1v) is 6.78. The lowest BCUT2D eigenvalue weighted by Crippen LogP contribution is -1.98. The van der Waals surface area contributed by atoms with Crippen LogP contribution in [0, 0.1) is 0 Å². The van der Waals surface area contributed by atoms with Gasteiger partial charge in [0.1, 0.15) is 0 Å². The van der Waals surface area contributed by atoms with E-state index < -0.39 is 0 Å². The number of fused-ring (bicyclic) bond motifs is 2. The summed E-state index contributed by atoms with van der Waals surface area (Å²) in [4.78, 5) is 4.72. The van der Waals surface area contributed by atoms with Gasteiger partial charge in [0.25, 0.3) is 0 Å². The molecular formula is C14H13Cl2N. The minimum Gasteiger partial charge on any atom is -0.251 e. The van der Waals surface area contributed by atoms with Crippen LogP contribution in [0.5, 0.6) is 0 Å². The van der Waals surface area contributed by atoms with Crippen LogP contribution in [0.2, 0.25) is 10.0 Å². The molecule has 3 rings (SSSR count). The second-order valence-corrected chi connectivity index (χ2v) is 5.33. The van der Waals surface area contributed by atoms with E-state index in [1.807, 2.05) is 18.2 Å². The molecule has 1 nitrogen and oxygen atoms in total. The molecule has 0 saturated carbocycles. The standard InChI is InChI=1S/C14H13Cl2N/c15-11-7-4-6-10-13(16)9-5-2-1-3-8-12(9)17-14(10)11/h4,6-7H,1-3,5,8H2. The molecule has 0 N–H and O–H groups in total. The van der Waals surface area contributed by atoms with Gasteiger partial charge in [-0.15, -0.1) is 0 Å². The fourth-order valence-corrected chi connectivity index (χ4v) is 3.10. The third kappa shape index (κ3) is 1.92. The van der Waals surface area contributed by atoms with Crippen LogP contribution in [-0.4, -0.2) is 4.98 Å². The molecule has 3 heteroatoms. The number of para-hydroxylation sites is 1. The summed E-state index contributed by atoms with van der Waals surface area (Å²) in [7, 11) is 0. The van der Waals surface area contributed by atoms with Crippen molar-refractivity contribution in [2.24, 2.45) is 0 Å². The molecular weight excluding hydrogens is 253 g/mol. The molecule has 0 aliphatic heterocycles. The zero-order chi connectivity index (χ0) is 11.8. The van der Waals surface area contributed by atoms with Gasteiger partial charge in [-0.1, -0.05) is 41.8 Å². The molecule has 0 atom stereocenters. The van der Waals surface area contributed by atoms with Crippen molar-refractivity contribution in [3.8, 4) is 0 Å². The van der Waals surface area contributed by atoms with Crippen molar-refractivity contribution >= 4 is 34.1 Å². The molecule has 0 saturated heterocycles. The first-order chi connectivity index (χ1) is 8.27. The van der Waals surface area contributed by atoms with E-state index in [1.165, 1.54) is 24.8 Å².